The summed E-state index contributed by atoms with van der Waals surface area (Å²) in [5, 5.41) is 3.14. The van der Waals surface area contributed by atoms with Gasteiger partial charge < -0.3 is 14.8 Å². The Balaban J connectivity index is 3.40. The van der Waals surface area contributed by atoms with Crippen molar-refractivity contribution in [2.24, 2.45) is 0 Å². The zero-order valence-electron chi connectivity index (χ0n) is 10.0. The molecule has 86 valence electrons. The molecular weight excluding hydrogens is 178 g/mol. The maximum Gasteiger partial charge on any atom is 0.0705 e. The third kappa shape index (κ3) is 8.48. The van der Waals surface area contributed by atoms with E-state index < -0.39 is 0 Å². The zero-order valence-corrected chi connectivity index (χ0v) is 10.0. The Labute approximate surface area is 88.2 Å². The Morgan fingerprint density at radius 1 is 1.14 bits per heavy atom. The van der Waals surface area contributed by atoms with Gasteiger partial charge in [0, 0.05) is 6.54 Å². The first kappa shape index (κ1) is 13.9. The summed E-state index contributed by atoms with van der Waals surface area (Å²) in [6, 6.07) is 0. The van der Waals surface area contributed by atoms with Gasteiger partial charge in [0.15, 0.2) is 0 Å². The lowest BCUT2D eigenvalue weighted by Crippen LogP contribution is -2.28. The summed E-state index contributed by atoms with van der Waals surface area (Å²) in [6.45, 7) is 8.58. The molecule has 0 aliphatic carbocycles. The molecule has 0 rings (SSSR count). The number of rotatable bonds is 9. The fourth-order valence-corrected chi connectivity index (χ4v) is 1.29. The molecule has 0 spiro atoms. The Kier molecular flexibility index (Phi) is 9.35. The first-order valence-electron chi connectivity index (χ1n) is 5.58. The van der Waals surface area contributed by atoms with Gasteiger partial charge in [-0.2, -0.15) is 0 Å². The molecule has 0 saturated heterocycles. The van der Waals surface area contributed by atoms with E-state index >= 15 is 0 Å². The lowest BCUT2D eigenvalue weighted by Gasteiger charge is -2.17. The molecule has 0 aliphatic rings. The highest BCUT2D eigenvalue weighted by Gasteiger charge is 2.06. The fraction of sp³-hybridized carbons (Fsp3) is 1.00. The second kappa shape index (κ2) is 9.44. The monoisotopic (exact) mass is 203 g/mol. The van der Waals surface area contributed by atoms with Gasteiger partial charge in [0.05, 0.1) is 25.4 Å². The molecule has 0 aromatic rings. The van der Waals surface area contributed by atoms with E-state index in [2.05, 4.69) is 12.2 Å². The van der Waals surface area contributed by atoms with Crippen LogP contribution in [-0.4, -0.2) is 39.0 Å². The lowest BCUT2D eigenvalue weighted by molar-refractivity contribution is -0.0141. The smallest absolute Gasteiger partial charge is 0.0705 e. The summed E-state index contributed by atoms with van der Waals surface area (Å²) < 4.78 is 11.1. The van der Waals surface area contributed by atoms with Crippen LogP contribution in [0.4, 0.5) is 0 Å². The molecule has 0 bridgehead atoms. The number of likely N-dealkylation sites (N-methyl/N-ethyl adjacent to an activating group) is 1. The van der Waals surface area contributed by atoms with Gasteiger partial charge in [0.1, 0.15) is 0 Å². The van der Waals surface area contributed by atoms with Crippen LogP contribution in [0.1, 0.15) is 33.6 Å². The number of hydrogen-bond acceptors (Lipinski definition) is 3. The predicted octanol–water partition coefficient (Wildman–Crippen LogP) is 1.82. The summed E-state index contributed by atoms with van der Waals surface area (Å²) in [5.74, 6) is 0. The topological polar surface area (TPSA) is 30.5 Å². The summed E-state index contributed by atoms with van der Waals surface area (Å²) in [7, 11) is 1.95. The standard InChI is InChI=1S/C11H25NO2/c1-5-6-11(9-12-4)14-8-7-13-10(2)3/h10-12H,5-9H2,1-4H3. The molecule has 1 atom stereocenters. The van der Waals surface area contributed by atoms with E-state index in [9.17, 15) is 0 Å². The van der Waals surface area contributed by atoms with Crippen LogP contribution in [0, 0.1) is 0 Å². The van der Waals surface area contributed by atoms with Gasteiger partial charge in [0.25, 0.3) is 0 Å². The minimum atomic E-state index is 0.299. The second-order valence-corrected chi connectivity index (χ2v) is 3.76. The molecule has 3 nitrogen and oxygen atoms in total. The normalized spacial score (nSPS) is 13.5. The van der Waals surface area contributed by atoms with E-state index in [4.69, 9.17) is 9.47 Å². The van der Waals surface area contributed by atoms with E-state index in [0.29, 0.717) is 25.4 Å². The molecule has 0 aromatic heterocycles. The summed E-state index contributed by atoms with van der Waals surface area (Å²) in [4.78, 5) is 0. The molecule has 0 saturated carbocycles. The highest BCUT2D eigenvalue weighted by Crippen LogP contribution is 2.01. The average Bonchev–Trinajstić information content (AvgIpc) is 2.12. The third-order valence-electron chi connectivity index (χ3n) is 1.93. The van der Waals surface area contributed by atoms with Crippen molar-refractivity contribution in [3.05, 3.63) is 0 Å². The maximum absolute atomic E-state index is 5.69. The van der Waals surface area contributed by atoms with Gasteiger partial charge in [-0.25, -0.2) is 0 Å². The molecular formula is C11H25NO2. The number of hydrogen-bond donors (Lipinski definition) is 1. The Hall–Kier alpha value is -0.120. The van der Waals surface area contributed by atoms with Gasteiger partial charge in [-0.3, -0.25) is 0 Å². The van der Waals surface area contributed by atoms with Crippen molar-refractivity contribution in [1.82, 2.24) is 5.32 Å². The second-order valence-electron chi connectivity index (χ2n) is 3.76. The summed E-state index contributed by atoms with van der Waals surface area (Å²) >= 11 is 0. The van der Waals surface area contributed by atoms with Crippen LogP contribution in [0.2, 0.25) is 0 Å². The van der Waals surface area contributed by atoms with Crippen LogP contribution in [0.3, 0.4) is 0 Å². The van der Waals surface area contributed by atoms with Gasteiger partial charge >= 0.3 is 0 Å². The molecule has 14 heavy (non-hydrogen) atoms. The third-order valence-corrected chi connectivity index (χ3v) is 1.93. The van der Waals surface area contributed by atoms with E-state index in [1.165, 1.54) is 0 Å². The highest BCUT2D eigenvalue weighted by atomic mass is 16.5. The van der Waals surface area contributed by atoms with Crippen molar-refractivity contribution < 1.29 is 9.47 Å². The van der Waals surface area contributed by atoms with Crippen molar-refractivity contribution >= 4 is 0 Å². The maximum atomic E-state index is 5.69. The number of ether oxygens (including phenoxy) is 2. The van der Waals surface area contributed by atoms with Gasteiger partial charge in [-0.1, -0.05) is 13.3 Å². The molecule has 0 aliphatic heterocycles. The van der Waals surface area contributed by atoms with Crippen LogP contribution in [0.5, 0.6) is 0 Å². The Bertz CT molecular complexity index is 112. The van der Waals surface area contributed by atoms with Crippen molar-refractivity contribution in [3.8, 4) is 0 Å². The first-order chi connectivity index (χ1) is 6.70. The van der Waals surface area contributed by atoms with Crippen molar-refractivity contribution in [2.45, 2.75) is 45.8 Å². The van der Waals surface area contributed by atoms with E-state index in [1.807, 2.05) is 20.9 Å². The molecule has 0 aromatic carbocycles. The van der Waals surface area contributed by atoms with E-state index in [1.54, 1.807) is 0 Å². The molecule has 0 heterocycles. The SMILES string of the molecule is CCCC(CNC)OCCOC(C)C. The van der Waals surface area contributed by atoms with Crippen molar-refractivity contribution in [2.75, 3.05) is 26.8 Å². The summed E-state index contributed by atoms with van der Waals surface area (Å²) in [6.07, 6.45) is 2.91. The van der Waals surface area contributed by atoms with Crippen LogP contribution < -0.4 is 5.32 Å². The van der Waals surface area contributed by atoms with Crippen LogP contribution in [0.25, 0.3) is 0 Å². The molecule has 0 radical (unpaired) electrons. The molecule has 3 heteroatoms. The van der Waals surface area contributed by atoms with Crippen LogP contribution in [-0.2, 0) is 9.47 Å². The largest absolute Gasteiger partial charge is 0.376 e. The van der Waals surface area contributed by atoms with Gasteiger partial charge in [-0.05, 0) is 27.3 Å². The van der Waals surface area contributed by atoms with E-state index in [-0.39, 0.29) is 0 Å². The fourth-order valence-electron chi connectivity index (χ4n) is 1.29. The molecule has 0 fully saturated rings. The quantitative estimate of drug-likeness (QED) is 0.580. The van der Waals surface area contributed by atoms with Gasteiger partial charge in [0.2, 0.25) is 0 Å². The average molecular weight is 203 g/mol. The van der Waals surface area contributed by atoms with Crippen LogP contribution in [0.15, 0.2) is 0 Å². The highest BCUT2D eigenvalue weighted by molar-refractivity contribution is 4.59. The number of nitrogens with one attached hydrogen (secondary N) is 1. The van der Waals surface area contributed by atoms with E-state index in [0.717, 1.165) is 19.4 Å². The Morgan fingerprint density at radius 3 is 2.29 bits per heavy atom. The van der Waals surface area contributed by atoms with Crippen molar-refractivity contribution in [1.29, 1.82) is 0 Å². The van der Waals surface area contributed by atoms with Crippen LogP contribution >= 0.6 is 0 Å². The predicted molar refractivity (Wildman–Crippen MR) is 59.7 cm³/mol. The van der Waals surface area contributed by atoms with Crippen molar-refractivity contribution in [3.63, 3.8) is 0 Å². The minimum Gasteiger partial charge on any atom is -0.376 e. The Morgan fingerprint density at radius 2 is 1.79 bits per heavy atom. The minimum absolute atomic E-state index is 0.299. The molecule has 0 amide bonds. The molecule has 1 unspecified atom stereocenters. The molecule has 1 N–H and O–H groups in total. The first-order valence-corrected chi connectivity index (χ1v) is 5.58. The lowest BCUT2D eigenvalue weighted by atomic mass is 10.2. The van der Waals surface area contributed by atoms with Gasteiger partial charge in [-0.15, -0.1) is 0 Å². The zero-order chi connectivity index (χ0) is 10.8. The summed E-state index contributed by atoms with van der Waals surface area (Å²) in [5.41, 5.74) is 0.